The summed E-state index contributed by atoms with van der Waals surface area (Å²) in [5, 5.41) is 0. The van der Waals surface area contributed by atoms with Gasteiger partial charge in [0, 0.05) is 21.3 Å². The summed E-state index contributed by atoms with van der Waals surface area (Å²) in [6, 6.07) is 16.5. The van der Waals surface area contributed by atoms with Crippen LogP contribution in [0, 0.1) is 0 Å². The minimum atomic E-state index is 0.457. The molecule has 2 aliphatic rings. The Morgan fingerprint density at radius 2 is 1.13 bits per heavy atom. The maximum Gasteiger partial charge on any atom is 0.127 e. The van der Waals surface area contributed by atoms with Crippen LogP contribution in [-0.4, -0.2) is 36.9 Å². The first-order chi connectivity index (χ1) is 11.3. The standard InChI is InChI=1S/C18H18O3S2/c1-5-17(22-11-15-9-19-15)6-2-13(1)21-14-3-7-18(8-4-14)23-12-16-10-20-16/h1-8,15-16H,9-12H2. The van der Waals surface area contributed by atoms with Gasteiger partial charge in [0.25, 0.3) is 0 Å². The van der Waals surface area contributed by atoms with E-state index in [0.29, 0.717) is 12.2 Å². The van der Waals surface area contributed by atoms with Gasteiger partial charge in [0.2, 0.25) is 0 Å². The molecular formula is C18H18O3S2. The van der Waals surface area contributed by atoms with Gasteiger partial charge in [-0.15, -0.1) is 23.5 Å². The molecule has 2 aromatic carbocycles. The molecule has 3 nitrogen and oxygen atoms in total. The van der Waals surface area contributed by atoms with Crippen molar-refractivity contribution >= 4 is 23.5 Å². The van der Waals surface area contributed by atoms with Crippen molar-refractivity contribution in [3.8, 4) is 11.5 Å². The van der Waals surface area contributed by atoms with Gasteiger partial charge in [0.05, 0.1) is 25.4 Å². The van der Waals surface area contributed by atoms with Crippen LogP contribution in [0.3, 0.4) is 0 Å². The van der Waals surface area contributed by atoms with Crippen molar-refractivity contribution in [2.24, 2.45) is 0 Å². The minimum absolute atomic E-state index is 0.457. The molecule has 0 radical (unpaired) electrons. The van der Waals surface area contributed by atoms with Crippen LogP contribution in [0.25, 0.3) is 0 Å². The van der Waals surface area contributed by atoms with E-state index < -0.39 is 0 Å². The topological polar surface area (TPSA) is 34.3 Å². The van der Waals surface area contributed by atoms with E-state index in [9.17, 15) is 0 Å². The van der Waals surface area contributed by atoms with Gasteiger partial charge in [-0.1, -0.05) is 0 Å². The molecule has 120 valence electrons. The minimum Gasteiger partial charge on any atom is -0.457 e. The number of hydrogen-bond acceptors (Lipinski definition) is 5. The van der Waals surface area contributed by atoms with Crippen LogP contribution >= 0.6 is 23.5 Å². The van der Waals surface area contributed by atoms with E-state index in [-0.39, 0.29) is 0 Å². The average molecular weight is 346 g/mol. The van der Waals surface area contributed by atoms with Crippen molar-refractivity contribution < 1.29 is 14.2 Å². The first-order valence-electron chi connectivity index (χ1n) is 7.72. The number of epoxide rings is 2. The normalized spacial score (nSPS) is 21.9. The van der Waals surface area contributed by atoms with Crippen LogP contribution in [0.5, 0.6) is 11.5 Å². The summed E-state index contributed by atoms with van der Waals surface area (Å²) in [6.45, 7) is 1.83. The number of ether oxygens (including phenoxy) is 3. The van der Waals surface area contributed by atoms with Crippen LogP contribution in [0.2, 0.25) is 0 Å². The average Bonchev–Trinajstić information content (AvgIpc) is 3.48. The lowest BCUT2D eigenvalue weighted by Crippen LogP contribution is -1.89. The third-order valence-corrected chi connectivity index (χ3v) is 5.85. The Bertz CT molecular complexity index is 577. The summed E-state index contributed by atoms with van der Waals surface area (Å²) >= 11 is 3.65. The zero-order valence-electron chi connectivity index (χ0n) is 12.6. The predicted octanol–water partition coefficient (Wildman–Crippen LogP) is 4.46. The highest BCUT2D eigenvalue weighted by atomic mass is 32.2. The summed E-state index contributed by atoms with van der Waals surface area (Å²) in [7, 11) is 0. The Kier molecular flexibility index (Phi) is 4.80. The fourth-order valence-corrected chi connectivity index (χ4v) is 3.85. The Labute approximate surface area is 144 Å². The molecule has 0 bridgehead atoms. The molecule has 0 aliphatic carbocycles. The summed E-state index contributed by atoms with van der Waals surface area (Å²) < 4.78 is 16.3. The number of thioether (sulfide) groups is 2. The van der Waals surface area contributed by atoms with Crippen LogP contribution in [0.4, 0.5) is 0 Å². The molecule has 5 heteroatoms. The van der Waals surface area contributed by atoms with Crippen molar-refractivity contribution in [2.75, 3.05) is 24.7 Å². The third kappa shape index (κ3) is 4.91. The van der Waals surface area contributed by atoms with E-state index in [2.05, 4.69) is 24.3 Å². The molecule has 2 saturated heterocycles. The first-order valence-corrected chi connectivity index (χ1v) is 9.69. The molecule has 4 rings (SSSR count). The van der Waals surface area contributed by atoms with Gasteiger partial charge in [-0.25, -0.2) is 0 Å². The maximum absolute atomic E-state index is 5.90. The number of hydrogen-bond donors (Lipinski definition) is 0. The van der Waals surface area contributed by atoms with Crippen molar-refractivity contribution in [3.05, 3.63) is 48.5 Å². The maximum atomic E-state index is 5.90. The third-order valence-electron chi connectivity index (χ3n) is 3.56. The summed E-state index contributed by atoms with van der Waals surface area (Å²) in [5.74, 6) is 3.80. The van der Waals surface area contributed by atoms with Crippen LogP contribution in [0.1, 0.15) is 0 Å². The lowest BCUT2D eigenvalue weighted by Gasteiger charge is -2.07. The lowest BCUT2D eigenvalue weighted by atomic mass is 10.3. The molecule has 2 heterocycles. The van der Waals surface area contributed by atoms with Crippen LogP contribution in [-0.2, 0) is 9.47 Å². The molecule has 2 fully saturated rings. The fraction of sp³-hybridized carbons (Fsp3) is 0.333. The van der Waals surface area contributed by atoms with Crippen LogP contribution < -0.4 is 4.74 Å². The Hall–Kier alpha value is -1.14. The lowest BCUT2D eigenvalue weighted by molar-refractivity contribution is 0.426. The molecule has 0 amide bonds. The molecule has 23 heavy (non-hydrogen) atoms. The predicted molar refractivity (Wildman–Crippen MR) is 93.9 cm³/mol. The van der Waals surface area contributed by atoms with Gasteiger partial charge in [-0.2, -0.15) is 0 Å². The smallest absolute Gasteiger partial charge is 0.127 e. The highest BCUT2D eigenvalue weighted by Crippen LogP contribution is 2.29. The zero-order chi connectivity index (χ0) is 15.5. The summed E-state index contributed by atoms with van der Waals surface area (Å²) in [5.41, 5.74) is 0. The highest BCUT2D eigenvalue weighted by molar-refractivity contribution is 7.99. The fourth-order valence-electron chi connectivity index (χ4n) is 2.05. The van der Waals surface area contributed by atoms with Crippen molar-refractivity contribution in [1.82, 2.24) is 0 Å². The molecule has 0 N–H and O–H groups in total. The molecule has 2 aromatic rings. The zero-order valence-corrected chi connectivity index (χ0v) is 14.3. The Morgan fingerprint density at radius 1 is 0.739 bits per heavy atom. The van der Waals surface area contributed by atoms with Crippen molar-refractivity contribution in [2.45, 2.75) is 22.0 Å². The summed E-state index contributed by atoms with van der Waals surface area (Å²) in [4.78, 5) is 2.50. The molecule has 0 aromatic heterocycles. The molecular weight excluding hydrogens is 328 g/mol. The molecule has 0 spiro atoms. The van der Waals surface area contributed by atoms with E-state index in [1.807, 2.05) is 47.8 Å². The van der Waals surface area contributed by atoms with Gasteiger partial charge in [0.15, 0.2) is 0 Å². The van der Waals surface area contributed by atoms with Crippen molar-refractivity contribution in [3.63, 3.8) is 0 Å². The second-order valence-corrected chi connectivity index (χ2v) is 7.76. The monoisotopic (exact) mass is 346 g/mol. The van der Waals surface area contributed by atoms with E-state index >= 15 is 0 Å². The quantitative estimate of drug-likeness (QED) is 0.521. The number of rotatable bonds is 8. The van der Waals surface area contributed by atoms with Gasteiger partial charge >= 0.3 is 0 Å². The molecule has 0 saturated carbocycles. The van der Waals surface area contributed by atoms with Gasteiger partial charge in [0.1, 0.15) is 11.5 Å². The molecule has 2 aliphatic heterocycles. The first kappa shape index (κ1) is 15.4. The second kappa shape index (κ2) is 7.18. The van der Waals surface area contributed by atoms with E-state index in [4.69, 9.17) is 14.2 Å². The van der Waals surface area contributed by atoms with Gasteiger partial charge < -0.3 is 14.2 Å². The van der Waals surface area contributed by atoms with E-state index in [1.165, 1.54) is 9.79 Å². The van der Waals surface area contributed by atoms with Gasteiger partial charge in [-0.05, 0) is 48.5 Å². The Balaban J connectivity index is 1.29. The number of benzene rings is 2. The Morgan fingerprint density at radius 3 is 1.48 bits per heavy atom. The summed E-state index contributed by atoms with van der Waals surface area (Å²) in [6.07, 6.45) is 0.914. The van der Waals surface area contributed by atoms with Crippen molar-refractivity contribution in [1.29, 1.82) is 0 Å². The van der Waals surface area contributed by atoms with E-state index in [1.54, 1.807) is 0 Å². The largest absolute Gasteiger partial charge is 0.457 e. The second-order valence-electron chi connectivity index (χ2n) is 5.58. The highest BCUT2D eigenvalue weighted by Gasteiger charge is 2.22. The molecule has 2 unspecified atom stereocenters. The molecule has 2 atom stereocenters. The van der Waals surface area contributed by atoms with Gasteiger partial charge in [-0.3, -0.25) is 0 Å². The SMILES string of the molecule is c1cc(SCC2CO2)ccc1Oc1ccc(SCC2CO2)cc1. The van der Waals surface area contributed by atoms with Crippen LogP contribution in [0.15, 0.2) is 58.3 Å². The van der Waals surface area contributed by atoms with E-state index in [0.717, 1.165) is 36.2 Å².